The number of nitrogens with zero attached hydrogens (tertiary/aromatic N) is 1. The van der Waals surface area contributed by atoms with Gasteiger partial charge < -0.3 is 20.9 Å². The third kappa shape index (κ3) is 3.50. The number of H-pyrrole nitrogens is 1. The van der Waals surface area contributed by atoms with Crippen LogP contribution < -0.4 is 11.1 Å². The number of aromatic amines is 1. The van der Waals surface area contributed by atoms with Gasteiger partial charge in [0.05, 0.1) is 6.04 Å². The Balaban J connectivity index is 1.56. The van der Waals surface area contributed by atoms with Crippen LogP contribution >= 0.6 is 23.2 Å². The molecule has 4 rings (SSSR count). The number of aromatic nitrogens is 1. The average Bonchev–Trinajstić information content (AvgIpc) is 3.03. The van der Waals surface area contributed by atoms with E-state index in [0.717, 1.165) is 28.6 Å². The van der Waals surface area contributed by atoms with Crippen LogP contribution in [0.2, 0.25) is 10.0 Å². The minimum absolute atomic E-state index is 0.132. The van der Waals surface area contributed by atoms with Crippen molar-refractivity contribution in [1.82, 2.24) is 15.2 Å². The molecule has 140 valence electrons. The highest BCUT2D eigenvalue weighted by Gasteiger charge is 2.32. The van der Waals surface area contributed by atoms with Crippen molar-refractivity contribution in [2.75, 3.05) is 13.1 Å². The molecule has 0 fully saturated rings. The van der Waals surface area contributed by atoms with Gasteiger partial charge in [-0.2, -0.15) is 0 Å². The molecule has 1 aromatic heterocycles. The first kappa shape index (κ1) is 18.2. The molecule has 0 saturated carbocycles. The lowest BCUT2D eigenvalue weighted by molar-refractivity contribution is 0.169. The van der Waals surface area contributed by atoms with Gasteiger partial charge in [0.25, 0.3) is 0 Å². The number of carbonyl (C=O) groups excluding carboxylic acids is 1. The van der Waals surface area contributed by atoms with E-state index in [0.29, 0.717) is 29.7 Å². The number of urea groups is 1. The van der Waals surface area contributed by atoms with Crippen molar-refractivity contribution in [1.29, 1.82) is 0 Å². The van der Waals surface area contributed by atoms with Crippen LogP contribution in [0.5, 0.6) is 0 Å². The van der Waals surface area contributed by atoms with Gasteiger partial charge in [0.15, 0.2) is 0 Å². The second kappa shape index (κ2) is 7.43. The molecule has 5 nitrogen and oxygen atoms in total. The van der Waals surface area contributed by atoms with Crippen molar-refractivity contribution in [3.63, 3.8) is 0 Å². The summed E-state index contributed by atoms with van der Waals surface area (Å²) in [5.74, 6) is 0. The molecule has 2 aromatic carbocycles. The summed E-state index contributed by atoms with van der Waals surface area (Å²) in [5, 5.41) is 5.44. The summed E-state index contributed by atoms with van der Waals surface area (Å²) in [6.07, 6.45) is 0.761. The lowest BCUT2D eigenvalue weighted by Gasteiger charge is -2.35. The van der Waals surface area contributed by atoms with E-state index >= 15 is 0 Å². The number of halogens is 2. The van der Waals surface area contributed by atoms with Gasteiger partial charge in [0.2, 0.25) is 0 Å². The van der Waals surface area contributed by atoms with Gasteiger partial charge in [-0.3, -0.25) is 0 Å². The molecule has 2 amide bonds. The van der Waals surface area contributed by atoms with Crippen LogP contribution in [0.1, 0.15) is 22.9 Å². The van der Waals surface area contributed by atoms with Crippen molar-refractivity contribution in [3.05, 3.63) is 69.3 Å². The van der Waals surface area contributed by atoms with E-state index in [1.807, 2.05) is 42.5 Å². The highest BCUT2D eigenvalue weighted by molar-refractivity contribution is 6.31. The van der Waals surface area contributed by atoms with E-state index in [1.165, 1.54) is 5.56 Å². The maximum atomic E-state index is 12.8. The van der Waals surface area contributed by atoms with Crippen molar-refractivity contribution in [2.45, 2.75) is 19.0 Å². The van der Waals surface area contributed by atoms with Crippen molar-refractivity contribution in [3.8, 4) is 0 Å². The number of nitrogens with one attached hydrogen (secondary N) is 2. The summed E-state index contributed by atoms with van der Waals surface area (Å²) >= 11 is 12.2. The van der Waals surface area contributed by atoms with Crippen LogP contribution in [-0.4, -0.2) is 29.0 Å². The van der Waals surface area contributed by atoms with Crippen molar-refractivity contribution in [2.24, 2.45) is 5.73 Å². The van der Waals surface area contributed by atoms with Gasteiger partial charge in [0.1, 0.15) is 0 Å². The minimum atomic E-state index is -0.195. The predicted molar refractivity (Wildman–Crippen MR) is 109 cm³/mol. The molecule has 0 bridgehead atoms. The molecular weight excluding hydrogens is 383 g/mol. The van der Waals surface area contributed by atoms with Gasteiger partial charge in [0, 0.05) is 46.3 Å². The standard InChI is InChI=1S/C20H20Cl2N4O/c21-13-3-1-2-12(8-13)11-24-20(27)26-7-6-15-16-9-14(22)4-5-17(16)25-19(15)18(26)10-23/h1-5,8-9,18,25H,6-7,10-11,23H2,(H,24,27). The van der Waals surface area contributed by atoms with E-state index in [2.05, 4.69) is 10.3 Å². The van der Waals surface area contributed by atoms with Crippen LogP contribution in [0, 0.1) is 0 Å². The van der Waals surface area contributed by atoms with Gasteiger partial charge in [-0.1, -0.05) is 35.3 Å². The Hall–Kier alpha value is -2.21. The fourth-order valence-electron chi connectivity index (χ4n) is 3.75. The first-order valence-corrected chi connectivity index (χ1v) is 9.61. The fraction of sp³-hybridized carbons (Fsp3) is 0.250. The number of hydrogen-bond donors (Lipinski definition) is 3. The normalized spacial score (nSPS) is 16.4. The van der Waals surface area contributed by atoms with Crippen LogP contribution in [0.3, 0.4) is 0 Å². The smallest absolute Gasteiger partial charge is 0.318 e. The molecule has 2 heterocycles. The third-order valence-corrected chi connectivity index (χ3v) is 5.50. The molecule has 0 radical (unpaired) electrons. The Morgan fingerprint density at radius 2 is 2.04 bits per heavy atom. The number of rotatable bonds is 3. The summed E-state index contributed by atoms with van der Waals surface area (Å²) in [4.78, 5) is 18.0. The number of benzene rings is 2. The van der Waals surface area contributed by atoms with Gasteiger partial charge in [-0.15, -0.1) is 0 Å². The zero-order valence-corrected chi connectivity index (χ0v) is 16.1. The fourth-order valence-corrected chi connectivity index (χ4v) is 4.14. The monoisotopic (exact) mass is 402 g/mol. The quantitative estimate of drug-likeness (QED) is 0.612. The summed E-state index contributed by atoms with van der Waals surface area (Å²) < 4.78 is 0. The maximum absolute atomic E-state index is 12.8. The van der Waals surface area contributed by atoms with E-state index in [9.17, 15) is 4.79 Å². The molecule has 1 atom stereocenters. The molecule has 1 aliphatic heterocycles. The van der Waals surface area contributed by atoms with Gasteiger partial charge in [-0.05, 0) is 47.9 Å². The highest BCUT2D eigenvalue weighted by atomic mass is 35.5. The van der Waals surface area contributed by atoms with Gasteiger partial charge >= 0.3 is 6.03 Å². The lowest BCUT2D eigenvalue weighted by Crippen LogP contribution is -2.47. The molecule has 1 unspecified atom stereocenters. The number of hydrogen-bond acceptors (Lipinski definition) is 2. The first-order chi connectivity index (χ1) is 13.1. The predicted octanol–water partition coefficient (Wildman–Crippen LogP) is 4.24. The largest absolute Gasteiger partial charge is 0.356 e. The second-order valence-electron chi connectivity index (χ2n) is 6.69. The zero-order chi connectivity index (χ0) is 19.0. The summed E-state index contributed by atoms with van der Waals surface area (Å²) in [5.41, 5.74) is 10.2. The summed E-state index contributed by atoms with van der Waals surface area (Å²) in [6, 6.07) is 12.9. The second-order valence-corrected chi connectivity index (χ2v) is 7.56. The minimum Gasteiger partial charge on any atom is -0.356 e. The molecule has 7 heteroatoms. The number of fused-ring (bicyclic) bond motifs is 3. The third-order valence-electron chi connectivity index (χ3n) is 5.03. The van der Waals surface area contributed by atoms with Crippen molar-refractivity contribution >= 4 is 40.1 Å². The molecule has 0 spiro atoms. The Kier molecular flexibility index (Phi) is 5.00. The first-order valence-electron chi connectivity index (χ1n) is 8.86. The molecule has 1 aliphatic rings. The molecule has 0 aliphatic carbocycles. The van der Waals surface area contributed by atoms with E-state index in [4.69, 9.17) is 28.9 Å². The van der Waals surface area contributed by atoms with Crippen LogP contribution in [0.4, 0.5) is 4.79 Å². The zero-order valence-electron chi connectivity index (χ0n) is 14.6. The lowest BCUT2D eigenvalue weighted by atomic mass is 9.97. The number of carbonyl (C=O) groups is 1. The highest BCUT2D eigenvalue weighted by Crippen LogP contribution is 2.35. The molecule has 4 N–H and O–H groups in total. The molecular formula is C20H20Cl2N4O. The molecule has 3 aromatic rings. The van der Waals surface area contributed by atoms with Crippen LogP contribution in [0.15, 0.2) is 42.5 Å². The summed E-state index contributed by atoms with van der Waals surface area (Å²) in [6.45, 7) is 1.37. The Labute approximate surface area is 167 Å². The van der Waals surface area contributed by atoms with E-state index < -0.39 is 0 Å². The Bertz CT molecular complexity index is 1000. The maximum Gasteiger partial charge on any atom is 0.318 e. The molecule has 0 saturated heterocycles. The Morgan fingerprint density at radius 3 is 2.81 bits per heavy atom. The Morgan fingerprint density at radius 1 is 1.22 bits per heavy atom. The molecule has 27 heavy (non-hydrogen) atoms. The van der Waals surface area contributed by atoms with E-state index in [1.54, 1.807) is 4.90 Å². The summed E-state index contributed by atoms with van der Waals surface area (Å²) in [7, 11) is 0. The van der Waals surface area contributed by atoms with Crippen molar-refractivity contribution < 1.29 is 4.79 Å². The number of amides is 2. The van der Waals surface area contributed by atoms with Crippen LogP contribution in [0.25, 0.3) is 10.9 Å². The van der Waals surface area contributed by atoms with Crippen LogP contribution in [-0.2, 0) is 13.0 Å². The van der Waals surface area contributed by atoms with E-state index in [-0.39, 0.29) is 12.1 Å². The topological polar surface area (TPSA) is 74.2 Å². The number of nitrogens with two attached hydrogens (primary N) is 1. The van der Waals surface area contributed by atoms with Gasteiger partial charge in [-0.25, -0.2) is 4.79 Å². The SMILES string of the molecule is NCC1c2[nH]c3ccc(Cl)cc3c2CCN1C(=O)NCc1cccc(Cl)c1. The average molecular weight is 403 g/mol.